The zero-order valence-corrected chi connectivity index (χ0v) is 21.1. The van der Waals surface area contributed by atoms with E-state index in [1.807, 2.05) is 0 Å². The summed E-state index contributed by atoms with van der Waals surface area (Å²) in [4.78, 5) is 4.50. The number of aliphatic imine (C=N–C) groups is 1. The van der Waals surface area contributed by atoms with Crippen molar-refractivity contribution in [3.05, 3.63) is 5.82 Å². The molecule has 0 radical (unpaired) electrons. The molecule has 1 fully saturated rings. The summed E-state index contributed by atoms with van der Waals surface area (Å²) >= 11 is 1.69. The molecule has 1 aromatic heterocycles. The Labute approximate surface area is 192 Å². The van der Waals surface area contributed by atoms with Gasteiger partial charge in [0.25, 0.3) is 0 Å². The zero-order chi connectivity index (χ0) is 19.6. The largest absolute Gasteiger partial charge is 0.370 e. The number of halogens is 1. The van der Waals surface area contributed by atoms with E-state index in [1.54, 1.807) is 11.8 Å². The number of hydrogen-bond acceptors (Lipinski definition) is 4. The van der Waals surface area contributed by atoms with Crippen molar-refractivity contribution >= 4 is 41.7 Å². The first-order valence-corrected chi connectivity index (χ1v) is 11.8. The highest BCUT2D eigenvalue weighted by atomic mass is 127. The van der Waals surface area contributed by atoms with Crippen LogP contribution in [-0.2, 0) is 6.42 Å². The van der Waals surface area contributed by atoms with E-state index in [2.05, 4.69) is 52.1 Å². The monoisotopic (exact) mass is 522 g/mol. The number of thioether (sulfide) groups is 1. The summed E-state index contributed by atoms with van der Waals surface area (Å²) in [5.41, 5.74) is 6.04. The van der Waals surface area contributed by atoms with Crippen LogP contribution >= 0.6 is 35.7 Å². The van der Waals surface area contributed by atoms with E-state index in [-0.39, 0.29) is 24.0 Å². The second kappa shape index (κ2) is 13.7. The molecule has 2 rings (SSSR count). The average Bonchev–Trinajstić information content (AvgIpc) is 3.27. The molecule has 8 heteroatoms. The molecule has 0 saturated heterocycles. The van der Waals surface area contributed by atoms with Crippen LogP contribution in [-0.4, -0.2) is 39.6 Å². The Balaban J connectivity index is 0.00000392. The predicted molar refractivity (Wildman–Crippen MR) is 131 cm³/mol. The fraction of sp³-hybridized carbons (Fsp3) is 0.850. The van der Waals surface area contributed by atoms with Crippen molar-refractivity contribution in [3.63, 3.8) is 0 Å². The van der Waals surface area contributed by atoms with Crippen LogP contribution in [0, 0.1) is 5.92 Å². The van der Waals surface area contributed by atoms with Crippen molar-refractivity contribution in [2.24, 2.45) is 16.6 Å². The van der Waals surface area contributed by atoms with E-state index < -0.39 is 0 Å². The van der Waals surface area contributed by atoms with Crippen LogP contribution in [0.25, 0.3) is 0 Å². The van der Waals surface area contributed by atoms with Crippen LogP contribution in [0.5, 0.6) is 0 Å². The molecule has 1 atom stereocenters. The zero-order valence-electron chi connectivity index (χ0n) is 18.0. The Hall–Kier alpha value is -0.510. The van der Waals surface area contributed by atoms with E-state index in [4.69, 9.17) is 5.73 Å². The maximum absolute atomic E-state index is 6.04. The molecule has 0 spiro atoms. The van der Waals surface area contributed by atoms with Crippen molar-refractivity contribution in [1.29, 1.82) is 0 Å². The van der Waals surface area contributed by atoms with Gasteiger partial charge in [-0.05, 0) is 44.8 Å². The summed E-state index contributed by atoms with van der Waals surface area (Å²) in [5.74, 6) is 2.44. The van der Waals surface area contributed by atoms with Gasteiger partial charge in [-0.1, -0.05) is 51.3 Å². The van der Waals surface area contributed by atoms with E-state index in [1.165, 1.54) is 38.5 Å². The van der Waals surface area contributed by atoms with Gasteiger partial charge < -0.3 is 15.6 Å². The molecule has 0 aliphatic heterocycles. The number of guanidine groups is 1. The van der Waals surface area contributed by atoms with Gasteiger partial charge >= 0.3 is 0 Å². The Kier molecular flexibility index (Phi) is 12.5. The third-order valence-electron chi connectivity index (χ3n) is 5.26. The molecule has 162 valence electrons. The van der Waals surface area contributed by atoms with Crippen molar-refractivity contribution in [2.45, 2.75) is 95.8 Å². The highest BCUT2D eigenvalue weighted by Gasteiger charge is 2.23. The third kappa shape index (κ3) is 8.47. The van der Waals surface area contributed by atoms with Gasteiger partial charge in [0.2, 0.25) is 0 Å². The summed E-state index contributed by atoms with van der Waals surface area (Å²) in [6, 6.07) is 0.960. The maximum Gasteiger partial charge on any atom is 0.191 e. The summed E-state index contributed by atoms with van der Waals surface area (Å²) in [7, 11) is 0. The highest BCUT2D eigenvalue weighted by molar-refractivity contribution is 14.0. The Morgan fingerprint density at radius 2 is 1.93 bits per heavy atom. The predicted octanol–water partition coefficient (Wildman–Crippen LogP) is 4.78. The minimum atomic E-state index is 0. The van der Waals surface area contributed by atoms with Crippen LogP contribution in [0.1, 0.15) is 84.0 Å². The van der Waals surface area contributed by atoms with E-state index in [9.17, 15) is 0 Å². The number of nitrogens with zero attached hydrogens (tertiary/aromatic N) is 4. The topological polar surface area (TPSA) is 81.1 Å². The van der Waals surface area contributed by atoms with Crippen LogP contribution in [0.2, 0.25) is 0 Å². The molecule has 3 N–H and O–H groups in total. The fourth-order valence-electron chi connectivity index (χ4n) is 3.79. The second-order valence-electron chi connectivity index (χ2n) is 8.15. The first kappa shape index (κ1) is 25.5. The Morgan fingerprint density at radius 1 is 1.21 bits per heavy atom. The van der Waals surface area contributed by atoms with Gasteiger partial charge in [-0.25, -0.2) is 0 Å². The lowest BCUT2D eigenvalue weighted by molar-refractivity contribution is 0.461. The summed E-state index contributed by atoms with van der Waals surface area (Å²) in [5, 5.41) is 13.2. The van der Waals surface area contributed by atoms with Gasteiger partial charge in [-0.15, -0.1) is 34.2 Å². The maximum atomic E-state index is 6.04. The number of aromatic nitrogens is 3. The standard InChI is InChI=1S/C20H38N6S.HI/c1-15(2)9-7-10-16(3)23-19(21)22-14-8-13-18-24-25-20(27-4)26(18)17-11-5-6-12-17;/h15-17H,5-14H2,1-4H3,(H3,21,22,23);1H. The number of nitrogens with two attached hydrogens (primary N) is 1. The molecular formula is C20H39IN6S. The molecule has 1 aliphatic rings. The number of nitrogens with one attached hydrogen (secondary N) is 1. The summed E-state index contributed by atoms with van der Waals surface area (Å²) in [6.07, 6.45) is 12.7. The average molecular weight is 523 g/mol. The minimum Gasteiger partial charge on any atom is -0.370 e. The molecule has 6 nitrogen and oxygen atoms in total. The molecule has 28 heavy (non-hydrogen) atoms. The first-order chi connectivity index (χ1) is 13.0. The molecule has 0 aromatic carbocycles. The first-order valence-electron chi connectivity index (χ1n) is 10.6. The number of hydrogen-bond donors (Lipinski definition) is 2. The van der Waals surface area contributed by atoms with Crippen LogP contribution < -0.4 is 11.1 Å². The molecule has 0 bridgehead atoms. The molecule has 1 unspecified atom stereocenters. The third-order valence-corrected chi connectivity index (χ3v) is 5.90. The quantitative estimate of drug-likeness (QED) is 0.144. The van der Waals surface area contributed by atoms with E-state index >= 15 is 0 Å². The number of rotatable bonds is 11. The van der Waals surface area contributed by atoms with Crippen molar-refractivity contribution in [1.82, 2.24) is 20.1 Å². The van der Waals surface area contributed by atoms with Crippen LogP contribution in [0.4, 0.5) is 0 Å². The van der Waals surface area contributed by atoms with E-state index in [0.29, 0.717) is 18.0 Å². The van der Waals surface area contributed by atoms with Crippen molar-refractivity contribution in [3.8, 4) is 0 Å². The highest BCUT2D eigenvalue weighted by Crippen LogP contribution is 2.33. The lowest BCUT2D eigenvalue weighted by Gasteiger charge is -2.16. The molecule has 1 aromatic rings. The van der Waals surface area contributed by atoms with Gasteiger partial charge in [-0.3, -0.25) is 4.99 Å². The van der Waals surface area contributed by atoms with E-state index in [0.717, 1.165) is 42.7 Å². The molecule has 1 heterocycles. The van der Waals surface area contributed by atoms with Crippen molar-refractivity contribution < 1.29 is 0 Å². The second-order valence-corrected chi connectivity index (χ2v) is 8.93. The summed E-state index contributed by atoms with van der Waals surface area (Å²) in [6.45, 7) is 7.44. The molecule has 1 aliphatic carbocycles. The van der Waals surface area contributed by atoms with Gasteiger partial charge in [0.05, 0.1) is 0 Å². The molecular weight excluding hydrogens is 483 g/mol. The van der Waals surface area contributed by atoms with Gasteiger partial charge in [-0.2, -0.15) is 0 Å². The van der Waals surface area contributed by atoms with Crippen molar-refractivity contribution in [2.75, 3.05) is 12.8 Å². The lowest BCUT2D eigenvalue weighted by atomic mass is 10.0. The summed E-state index contributed by atoms with van der Waals surface area (Å²) < 4.78 is 2.37. The van der Waals surface area contributed by atoms with Crippen LogP contribution in [0.15, 0.2) is 10.1 Å². The SMILES string of the molecule is CSc1nnc(CCCN=C(N)NC(C)CCCC(C)C)n1C1CCCC1.I. The Morgan fingerprint density at radius 3 is 2.57 bits per heavy atom. The lowest BCUT2D eigenvalue weighted by Crippen LogP contribution is -2.38. The smallest absolute Gasteiger partial charge is 0.191 e. The van der Waals surface area contributed by atoms with Crippen LogP contribution in [0.3, 0.4) is 0 Å². The van der Waals surface area contributed by atoms with Gasteiger partial charge in [0.15, 0.2) is 11.1 Å². The fourth-order valence-corrected chi connectivity index (χ4v) is 4.36. The molecule has 1 saturated carbocycles. The normalized spacial score (nSPS) is 16.4. The minimum absolute atomic E-state index is 0. The van der Waals surface area contributed by atoms with Gasteiger partial charge in [0.1, 0.15) is 5.82 Å². The molecule has 0 amide bonds. The van der Waals surface area contributed by atoms with Gasteiger partial charge in [0, 0.05) is 25.0 Å². The Bertz CT molecular complexity index is 583. The number of aryl methyl sites for hydroxylation is 1.